The van der Waals surface area contributed by atoms with Gasteiger partial charge in [-0.2, -0.15) is 0 Å². The van der Waals surface area contributed by atoms with Gasteiger partial charge in [-0.3, -0.25) is 0 Å². The minimum absolute atomic E-state index is 0.0429. The first-order chi connectivity index (χ1) is 15.6. The molecular formula is C24H19N3O4S. The van der Waals surface area contributed by atoms with Crippen LogP contribution in [0.3, 0.4) is 0 Å². The summed E-state index contributed by atoms with van der Waals surface area (Å²) in [6.45, 7) is -0.129. The molecule has 160 valence electrons. The van der Waals surface area contributed by atoms with Crippen LogP contribution in [-0.4, -0.2) is 35.2 Å². The normalized spacial score (nSPS) is 12.2. The third-order valence-electron chi connectivity index (χ3n) is 5.44. The summed E-state index contributed by atoms with van der Waals surface area (Å²) in [5, 5.41) is 2.45. The van der Waals surface area contributed by atoms with E-state index in [1.807, 2.05) is 36.4 Å². The maximum Gasteiger partial charge on any atom is 0.407 e. The van der Waals surface area contributed by atoms with E-state index in [1.54, 1.807) is 18.2 Å². The highest BCUT2D eigenvalue weighted by Crippen LogP contribution is 2.44. The Morgan fingerprint density at radius 2 is 1.56 bits per heavy atom. The number of aromatic amines is 2. The number of carbonyl (C=O) groups excluding carboxylic acids is 2. The molecule has 0 spiro atoms. The van der Waals surface area contributed by atoms with Crippen molar-refractivity contribution in [3.8, 4) is 16.9 Å². The first-order valence-corrected chi connectivity index (χ1v) is 10.5. The zero-order valence-corrected chi connectivity index (χ0v) is 17.7. The molecule has 1 aromatic heterocycles. The maximum absolute atomic E-state index is 12.2. The Morgan fingerprint density at radius 3 is 2.28 bits per heavy atom. The molecule has 4 aromatic rings. The van der Waals surface area contributed by atoms with Gasteiger partial charge in [0.25, 0.3) is 0 Å². The fourth-order valence-electron chi connectivity index (χ4n) is 4.04. The number of H-pyrrole nitrogens is 2. The zero-order chi connectivity index (χ0) is 22.1. The number of benzene rings is 3. The highest BCUT2D eigenvalue weighted by atomic mass is 32.1. The molecule has 7 nitrogen and oxygen atoms in total. The van der Waals surface area contributed by atoms with Crippen molar-refractivity contribution in [2.45, 2.75) is 5.92 Å². The van der Waals surface area contributed by atoms with Crippen LogP contribution in [0.4, 0.5) is 4.79 Å². The van der Waals surface area contributed by atoms with Gasteiger partial charge < -0.3 is 24.8 Å². The van der Waals surface area contributed by atoms with Gasteiger partial charge >= 0.3 is 12.1 Å². The van der Waals surface area contributed by atoms with E-state index in [0.29, 0.717) is 10.5 Å². The van der Waals surface area contributed by atoms with Gasteiger partial charge in [-0.25, -0.2) is 9.59 Å². The van der Waals surface area contributed by atoms with Crippen LogP contribution in [0, 0.1) is 4.77 Å². The highest BCUT2D eigenvalue weighted by molar-refractivity contribution is 7.71. The first-order valence-electron chi connectivity index (χ1n) is 10.1. The van der Waals surface area contributed by atoms with E-state index >= 15 is 0 Å². The number of hydrogen-bond acceptors (Lipinski definition) is 5. The number of esters is 1. The van der Waals surface area contributed by atoms with E-state index < -0.39 is 12.1 Å². The van der Waals surface area contributed by atoms with Crippen LogP contribution in [0.15, 0.2) is 66.7 Å². The molecule has 8 heteroatoms. The molecular weight excluding hydrogens is 426 g/mol. The second kappa shape index (κ2) is 8.32. The average molecular weight is 446 g/mol. The SMILES string of the molecule is O=C(CNC(=O)OCC1c2ccccc2-c2ccccc21)Oc1ccc2[nH]c(=S)[nH]c2c1. The average Bonchev–Trinajstić information content (AvgIpc) is 3.33. The summed E-state index contributed by atoms with van der Waals surface area (Å²) >= 11 is 5.04. The summed E-state index contributed by atoms with van der Waals surface area (Å²) in [5.74, 6) is -0.298. The number of alkyl carbamates (subject to hydrolysis) is 1. The molecule has 1 heterocycles. The summed E-state index contributed by atoms with van der Waals surface area (Å²) in [6, 6.07) is 21.3. The number of hydrogen-bond donors (Lipinski definition) is 3. The number of fused-ring (bicyclic) bond motifs is 4. The lowest BCUT2D eigenvalue weighted by Crippen LogP contribution is -2.33. The summed E-state index contributed by atoms with van der Waals surface area (Å²) < 4.78 is 11.2. The van der Waals surface area contributed by atoms with Gasteiger partial charge in [0.15, 0.2) is 4.77 Å². The molecule has 5 rings (SSSR count). The van der Waals surface area contributed by atoms with E-state index in [2.05, 4.69) is 27.4 Å². The molecule has 1 aliphatic rings. The fourth-order valence-corrected chi connectivity index (χ4v) is 4.26. The standard InChI is InChI=1S/C24H19N3O4S/c28-22(31-14-9-10-20-21(11-14)27-23(32)26-20)12-25-24(29)30-13-19-17-7-3-1-5-15(17)16-6-2-4-8-18(16)19/h1-11,19H,12-13H2,(H,25,29)(H2,26,27,32). The second-order valence-electron chi connectivity index (χ2n) is 7.44. The van der Waals surface area contributed by atoms with Crippen molar-refractivity contribution in [2.24, 2.45) is 0 Å². The number of amides is 1. The minimum atomic E-state index is -0.672. The Balaban J connectivity index is 1.17. The topological polar surface area (TPSA) is 96.2 Å². The molecule has 0 fully saturated rings. The fraction of sp³-hybridized carbons (Fsp3) is 0.125. The molecule has 0 saturated carbocycles. The van der Waals surface area contributed by atoms with E-state index in [9.17, 15) is 9.59 Å². The number of imidazole rings is 1. The van der Waals surface area contributed by atoms with E-state index in [-0.39, 0.29) is 19.1 Å². The van der Waals surface area contributed by atoms with Crippen LogP contribution < -0.4 is 10.1 Å². The molecule has 0 bridgehead atoms. The Hall–Kier alpha value is -3.91. The summed E-state index contributed by atoms with van der Waals surface area (Å²) in [6.07, 6.45) is -0.672. The van der Waals surface area contributed by atoms with E-state index in [1.165, 1.54) is 0 Å². The van der Waals surface area contributed by atoms with Crippen molar-refractivity contribution in [3.05, 3.63) is 82.6 Å². The molecule has 0 radical (unpaired) electrons. The minimum Gasteiger partial charge on any atom is -0.449 e. The van der Waals surface area contributed by atoms with Gasteiger partial charge in [0.2, 0.25) is 0 Å². The first kappa shape index (κ1) is 20.0. The van der Waals surface area contributed by atoms with Crippen molar-refractivity contribution in [1.82, 2.24) is 15.3 Å². The summed E-state index contributed by atoms with van der Waals surface area (Å²) in [4.78, 5) is 30.2. The third kappa shape index (κ3) is 3.88. The van der Waals surface area contributed by atoms with E-state index in [0.717, 1.165) is 33.3 Å². The van der Waals surface area contributed by atoms with Crippen molar-refractivity contribution in [3.63, 3.8) is 0 Å². The Kier molecular flexibility index (Phi) is 5.20. The molecule has 3 N–H and O–H groups in total. The van der Waals surface area contributed by atoms with Crippen LogP contribution in [0.25, 0.3) is 22.2 Å². The molecule has 1 aliphatic carbocycles. The van der Waals surface area contributed by atoms with Crippen LogP contribution in [0.1, 0.15) is 17.0 Å². The van der Waals surface area contributed by atoms with Crippen LogP contribution in [-0.2, 0) is 9.53 Å². The lowest BCUT2D eigenvalue weighted by atomic mass is 9.98. The van der Waals surface area contributed by atoms with Gasteiger partial charge in [-0.05, 0) is 46.6 Å². The molecule has 0 aliphatic heterocycles. The lowest BCUT2D eigenvalue weighted by Gasteiger charge is -2.14. The quantitative estimate of drug-likeness (QED) is 0.236. The Bertz CT molecular complexity index is 1350. The van der Waals surface area contributed by atoms with Gasteiger partial charge in [-0.1, -0.05) is 48.5 Å². The largest absolute Gasteiger partial charge is 0.449 e. The zero-order valence-electron chi connectivity index (χ0n) is 16.9. The smallest absolute Gasteiger partial charge is 0.407 e. The lowest BCUT2D eigenvalue weighted by molar-refractivity contribution is -0.133. The number of aromatic nitrogens is 2. The predicted octanol–water partition coefficient (Wildman–Crippen LogP) is 4.67. The summed E-state index contributed by atoms with van der Waals surface area (Å²) in [7, 11) is 0. The Labute approximate surface area is 188 Å². The van der Waals surface area contributed by atoms with E-state index in [4.69, 9.17) is 21.7 Å². The van der Waals surface area contributed by atoms with Gasteiger partial charge in [0, 0.05) is 12.0 Å². The maximum atomic E-state index is 12.2. The number of carbonyl (C=O) groups is 2. The van der Waals surface area contributed by atoms with Gasteiger partial charge in [0.1, 0.15) is 18.9 Å². The second-order valence-corrected chi connectivity index (χ2v) is 7.85. The van der Waals surface area contributed by atoms with Crippen molar-refractivity contribution < 1.29 is 19.1 Å². The monoisotopic (exact) mass is 445 g/mol. The molecule has 0 saturated heterocycles. The van der Waals surface area contributed by atoms with Gasteiger partial charge in [-0.15, -0.1) is 0 Å². The molecule has 3 aromatic carbocycles. The number of ether oxygens (including phenoxy) is 2. The third-order valence-corrected chi connectivity index (χ3v) is 5.64. The highest BCUT2D eigenvalue weighted by Gasteiger charge is 2.29. The van der Waals surface area contributed by atoms with Crippen LogP contribution in [0.2, 0.25) is 0 Å². The van der Waals surface area contributed by atoms with Crippen molar-refractivity contribution >= 4 is 35.3 Å². The van der Waals surface area contributed by atoms with Crippen molar-refractivity contribution in [2.75, 3.05) is 13.2 Å². The molecule has 0 unspecified atom stereocenters. The number of rotatable bonds is 5. The number of nitrogens with one attached hydrogen (secondary N) is 3. The van der Waals surface area contributed by atoms with Gasteiger partial charge in [0.05, 0.1) is 11.0 Å². The van der Waals surface area contributed by atoms with Crippen LogP contribution in [0.5, 0.6) is 5.75 Å². The molecule has 0 atom stereocenters. The Morgan fingerprint density at radius 1 is 0.906 bits per heavy atom. The summed E-state index contributed by atoms with van der Waals surface area (Å²) in [5.41, 5.74) is 6.09. The molecule has 32 heavy (non-hydrogen) atoms. The van der Waals surface area contributed by atoms with Crippen molar-refractivity contribution in [1.29, 1.82) is 0 Å². The predicted molar refractivity (Wildman–Crippen MR) is 122 cm³/mol. The molecule has 1 amide bonds. The van der Waals surface area contributed by atoms with Crippen LogP contribution >= 0.6 is 12.2 Å².